The molecule has 1 rings (SSSR count). The molecule has 82 valence electrons. The molecule has 0 bridgehead atoms. The van der Waals surface area contributed by atoms with E-state index in [0.29, 0.717) is 19.5 Å². The first-order valence-corrected chi connectivity index (χ1v) is 5.07. The molecule has 0 aromatic carbocycles. The summed E-state index contributed by atoms with van der Waals surface area (Å²) in [5, 5.41) is 0. The lowest BCUT2D eigenvalue weighted by atomic mass is 10.1. The highest BCUT2D eigenvalue weighted by molar-refractivity contribution is 5.76. The SMILES string of the molecule is CN(CCN)C(=O)CCc1ccncc1. The van der Waals surface area contributed by atoms with E-state index in [-0.39, 0.29) is 5.91 Å². The number of nitrogens with two attached hydrogens (primary N) is 1. The van der Waals surface area contributed by atoms with E-state index in [1.165, 1.54) is 0 Å². The number of aromatic nitrogens is 1. The van der Waals surface area contributed by atoms with Crippen molar-refractivity contribution in [1.82, 2.24) is 9.88 Å². The summed E-state index contributed by atoms with van der Waals surface area (Å²) in [4.78, 5) is 17.2. The maximum absolute atomic E-state index is 11.6. The zero-order chi connectivity index (χ0) is 11.1. The van der Waals surface area contributed by atoms with Crippen LogP contribution < -0.4 is 5.73 Å². The molecule has 1 aromatic heterocycles. The Morgan fingerprint density at radius 3 is 2.73 bits per heavy atom. The van der Waals surface area contributed by atoms with Gasteiger partial charge in [-0.2, -0.15) is 0 Å². The molecule has 1 aromatic rings. The Morgan fingerprint density at radius 2 is 2.13 bits per heavy atom. The van der Waals surface area contributed by atoms with Crippen LogP contribution in [-0.4, -0.2) is 35.9 Å². The molecule has 0 atom stereocenters. The smallest absolute Gasteiger partial charge is 0.222 e. The second kappa shape index (κ2) is 6.14. The number of rotatable bonds is 5. The molecule has 0 radical (unpaired) electrons. The van der Waals surface area contributed by atoms with Crippen LogP contribution in [0.3, 0.4) is 0 Å². The van der Waals surface area contributed by atoms with Crippen molar-refractivity contribution in [3.05, 3.63) is 30.1 Å². The first kappa shape index (κ1) is 11.7. The van der Waals surface area contributed by atoms with Gasteiger partial charge in [-0.15, -0.1) is 0 Å². The number of carbonyl (C=O) groups excluding carboxylic acids is 1. The summed E-state index contributed by atoms with van der Waals surface area (Å²) in [5.74, 6) is 0.136. The third kappa shape index (κ3) is 4.08. The van der Waals surface area contributed by atoms with Gasteiger partial charge in [-0.25, -0.2) is 0 Å². The number of amides is 1. The van der Waals surface area contributed by atoms with Gasteiger partial charge in [0, 0.05) is 39.0 Å². The molecule has 0 aliphatic carbocycles. The molecule has 0 fully saturated rings. The van der Waals surface area contributed by atoms with E-state index in [2.05, 4.69) is 4.98 Å². The number of hydrogen-bond donors (Lipinski definition) is 1. The van der Waals surface area contributed by atoms with Crippen molar-refractivity contribution in [2.45, 2.75) is 12.8 Å². The van der Waals surface area contributed by atoms with Gasteiger partial charge in [-0.1, -0.05) is 0 Å². The fraction of sp³-hybridized carbons (Fsp3) is 0.455. The van der Waals surface area contributed by atoms with Crippen molar-refractivity contribution < 1.29 is 4.79 Å². The maximum atomic E-state index is 11.6. The minimum absolute atomic E-state index is 0.136. The van der Waals surface area contributed by atoms with Crippen LogP contribution in [-0.2, 0) is 11.2 Å². The minimum atomic E-state index is 0.136. The minimum Gasteiger partial charge on any atom is -0.344 e. The van der Waals surface area contributed by atoms with E-state index >= 15 is 0 Å². The first-order valence-electron chi connectivity index (χ1n) is 5.07. The van der Waals surface area contributed by atoms with Crippen molar-refractivity contribution in [2.24, 2.45) is 5.73 Å². The van der Waals surface area contributed by atoms with E-state index < -0.39 is 0 Å². The summed E-state index contributed by atoms with van der Waals surface area (Å²) in [6.07, 6.45) is 4.77. The summed E-state index contributed by atoms with van der Waals surface area (Å²) in [6, 6.07) is 3.85. The molecule has 4 nitrogen and oxygen atoms in total. The molecule has 0 saturated heterocycles. The van der Waals surface area contributed by atoms with Crippen LogP contribution in [0.2, 0.25) is 0 Å². The number of nitrogens with zero attached hydrogens (tertiary/aromatic N) is 2. The molecule has 0 spiro atoms. The van der Waals surface area contributed by atoms with Crippen molar-refractivity contribution >= 4 is 5.91 Å². The predicted molar refractivity (Wildman–Crippen MR) is 59.2 cm³/mol. The Labute approximate surface area is 90.1 Å². The van der Waals surface area contributed by atoms with Gasteiger partial charge in [0.15, 0.2) is 0 Å². The third-order valence-corrected chi connectivity index (χ3v) is 2.27. The van der Waals surface area contributed by atoms with Gasteiger partial charge >= 0.3 is 0 Å². The number of aryl methyl sites for hydroxylation is 1. The summed E-state index contributed by atoms with van der Waals surface area (Å²) in [5.41, 5.74) is 6.51. The number of likely N-dealkylation sites (N-methyl/N-ethyl adjacent to an activating group) is 1. The van der Waals surface area contributed by atoms with Crippen LogP contribution in [0.5, 0.6) is 0 Å². The zero-order valence-corrected chi connectivity index (χ0v) is 9.02. The van der Waals surface area contributed by atoms with E-state index in [9.17, 15) is 4.79 Å². The number of hydrogen-bond acceptors (Lipinski definition) is 3. The standard InChI is InChI=1S/C11H17N3O/c1-14(9-6-12)11(15)3-2-10-4-7-13-8-5-10/h4-5,7-8H,2-3,6,9,12H2,1H3. The van der Waals surface area contributed by atoms with Crippen LogP contribution in [0.25, 0.3) is 0 Å². The monoisotopic (exact) mass is 207 g/mol. The van der Waals surface area contributed by atoms with Gasteiger partial charge < -0.3 is 10.6 Å². The van der Waals surface area contributed by atoms with Gasteiger partial charge in [0.05, 0.1) is 0 Å². The maximum Gasteiger partial charge on any atom is 0.222 e. The quantitative estimate of drug-likeness (QED) is 0.761. The lowest BCUT2D eigenvalue weighted by molar-refractivity contribution is -0.129. The van der Waals surface area contributed by atoms with Gasteiger partial charge in [0.1, 0.15) is 0 Å². The normalized spacial score (nSPS) is 10.0. The molecule has 0 aliphatic heterocycles. The van der Waals surface area contributed by atoms with Crippen LogP contribution in [0.15, 0.2) is 24.5 Å². The molecule has 0 aliphatic rings. The predicted octanol–water partition coefficient (Wildman–Crippen LogP) is 0.431. The zero-order valence-electron chi connectivity index (χ0n) is 9.02. The topological polar surface area (TPSA) is 59.2 Å². The lowest BCUT2D eigenvalue weighted by Gasteiger charge is -2.15. The molecule has 0 unspecified atom stereocenters. The van der Waals surface area contributed by atoms with Gasteiger partial charge in [-0.05, 0) is 24.1 Å². The number of pyridine rings is 1. The Balaban J connectivity index is 2.34. The average molecular weight is 207 g/mol. The van der Waals surface area contributed by atoms with Crippen LogP contribution in [0.1, 0.15) is 12.0 Å². The highest BCUT2D eigenvalue weighted by atomic mass is 16.2. The van der Waals surface area contributed by atoms with Crippen LogP contribution in [0.4, 0.5) is 0 Å². The third-order valence-electron chi connectivity index (χ3n) is 2.27. The second-order valence-corrected chi connectivity index (χ2v) is 3.46. The molecular formula is C11H17N3O. The molecule has 2 N–H and O–H groups in total. The van der Waals surface area contributed by atoms with Gasteiger partial charge in [0.2, 0.25) is 5.91 Å². The molecule has 15 heavy (non-hydrogen) atoms. The van der Waals surface area contributed by atoms with E-state index in [1.807, 2.05) is 12.1 Å². The van der Waals surface area contributed by atoms with E-state index in [0.717, 1.165) is 12.0 Å². The van der Waals surface area contributed by atoms with E-state index in [4.69, 9.17) is 5.73 Å². The van der Waals surface area contributed by atoms with Crippen molar-refractivity contribution in [3.63, 3.8) is 0 Å². The Bertz CT molecular complexity index is 300. The molecule has 1 heterocycles. The average Bonchev–Trinajstić information content (AvgIpc) is 2.27. The number of carbonyl (C=O) groups is 1. The van der Waals surface area contributed by atoms with Crippen LogP contribution in [0, 0.1) is 0 Å². The Kier molecular flexibility index (Phi) is 4.77. The summed E-state index contributed by atoms with van der Waals surface area (Å²) in [6.45, 7) is 1.13. The molecule has 4 heteroatoms. The van der Waals surface area contributed by atoms with Crippen molar-refractivity contribution in [3.8, 4) is 0 Å². The molecule has 0 saturated carbocycles. The fourth-order valence-electron chi connectivity index (χ4n) is 1.31. The highest BCUT2D eigenvalue weighted by Gasteiger charge is 2.07. The first-order chi connectivity index (χ1) is 7.24. The summed E-state index contributed by atoms with van der Waals surface area (Å²) in [7, 11) is 1.78. The van der Waals surface area contributed by atoms with Crippen molar-refractivity contribution in [1.29, 1.82) is 0 Å². The summed E-state index contributed by atoms with van der Waals surface area (Å²) >= 11 is 0. The Morgan fingerprint density at radius 1 is 1.47 bits per heavy atom. The van der Waals surface area contributed by atoms with Crippen molar-refractivity contribution in [2.75, 3.05) is 20.1 Å². The molecule has 1 amide bonds. The fourth-order valence-corrected chi connectivity index (χ4v) is 1.31. The lowest BCUT2D eigenvalue weighted by Crippen LogP contribution is -2.31. The summed E-state index contributed by atoms with van der Waals surface area (Å²) < 4.78 is 0. The second-order valence-electron chi connectivity index (χ2n) is 3.46. The Hall–Kier alpha value is -1.42. The van der Waals surface area contributed by atoms with Gasteiger partial charge in [0.25, 0.3) is 0 Å². The van der Waals surface area contributed by atoms with Gasteiger partial charge in [-0.3, -0.25) is 9.78 Å². The van der Waals surface area contributed by atoms with Crippen LogP contribution >= 0.6 is 0 Å². The molecular weight excluding hydrogens is 190 g/mol. The largest absolute Gasteiger partial charge is 0.344 e. The van der Waals surface area contributed by atoms with E-state index in [1.54, 1.807) is 24.3 Å². The highest BCUT2D eigenvalue weighted by Crippen LogP contribution is 2.02.